The summed E-state index contributed by atoms with van der Waals surface area (Å²) in [6.45, 7) is 4.00. The normalized spacial score (nSPS) is 9.36. The SMILES string of the molecule is CC.ClSc1cnc2ccccc2c1. The van der Waals surface area contributed by atoms with E-state index in [1.165, 1.54) is 11.0 Å². The van der Waals surface area contributed by atoms with Gasteiger partial charge in [-0.05, 0) is 33.8 Å². The molecule has 0 unspecified atom stereocenters. The highest BCUT2D eigenvalue weighted by Crippen LogP contribution is 2.23. The summed E-state index contributed by atoms with van der Waals surface area (Å²) in [5.74, 6) is 0. The van der Waals surface area contributed by atoms with Crippen LogP contribution in [0.5, 0.6) is 0 Å². The quantitative estimate of drug-likeness (QED) is 0.709. The van der Waals surface area contributed by atoms with Crippen molar-refractivity contribution >= 4 is 32.6 Å². The van der Waals surface area contributed by atoms with E-state index in [0.717, 1.165) is 15.8 Å². The lowest BCUT2D eigenvalue weighted by Gasteiger charge is -1.97. The van der Waals surface area contributed by atoms with Gasteiger partial charge in [0.05, 0.1) is 5.52 Å². The third kappa shape index (κ3) is 2.63. The zero-order valence-electron chi connectivity index (χ0n) is 8.20. The van der Waals surface area contributed by atoms with E-state index in [1.54, 1.807) is 6.20 Å². The highest BCUT2D eigenvalue weighted by Gasteiger charge is 1.95. The topological polar surface area (TPSA) is 12.9 Å². The van der Waals surface area contributed by atoms with Crippen molar-refractivity contribution in [2.45, 2.75) is 18.7 Å². The molecule has 2 aromatic rings. The van der Waals surface area contributed by atoms with Gasteiger partial charge in [-0.3, -0.25) is 4.98 Å². The first-order chi connectivity index (χ1) is 6.90. The van der Waals surface area contributed by atoms with E-state index in [1.807, 2.05) is 44.2 Å². The summed E-state index contributed by atoms with van der Waals surface area (Å²) in [5.41, 5.74) is 1.01. The molecule has 74 valence electrons. The summed E-state index contributed by atoms with van der Waals surface area (Å²) in [4.78, 5) is 5.23. The molecule has 3 heteroatoms. The number of rotatable bonds is 1. The van der Waals surface area contributed by atoms with Crippen LogP contribution in [0.1, 0.15) is 13.8 Å². The summed E-state index contributed by atoms with van der Waals surface area (Å²) >= 11 is 0. The van der Waals surface area contributed by atoms with Crippen LogP contribution in [0.2, 0.25) is 0 Å². The van der Waals surface area contributed by atoms with E-state index in [0.29, 0.717) is 0 Å². The van der Waals surface area contributed by atoms with Gasteiger partial charge in [0.25, 0.3) is 0 Å². The van der Waals surface area contributed by atoms with Gasteiger partial charge >= 0.3 is 0 Å². The second kappa shape index (κ2) is 5.89. The number of hydrogen-bond acceptors (Lipinski definition) is 2. The van der Waals surface area contributed by atoms with Crippen LogP contribution >= 0.6 is 21.7 Å². The van der Waals surface area contributed by atoms with Gasteiger partial charge in [0.15, 0.2) is 0 Å². The van der Waals surface area contributed by atoms with Crippen molar-refractivity contribution in [2.75, 3.05) is 0 Å². The number of fused-ring (bicyclic) bond motifs is 1. The number of halogens is 1. The minimum Gasteiger partial charge on any atom is -0.255 e. The molecule has 0 radical (unpaired) electrons. The van der Waals surface area contributed by atoms with Crippen LogP contribution < -0.4 is 0 Å². The maximum Gasteiger partial charge on any atom is 0.0702 e. The van der Waals surface area contributed by atoms with Gasteiger partial charge < -0.3 is 0 Å². The highest BCUT2D eigenvalue weighted by molar-refractivity contribution is 8.21. The molecule has 0 aliphatic carbocycles. The van der Waals surface area contributed by atoms with Crippen LogP contribution in [0.25, 0.3) is 10.9 Å². The zero-order valence-corrected chi connectivity index (χ0v) is 9.77. The maximum atomic E-state index is 5.60. The largest absolute Gasteiger partial charge is 0.255 e. The number of benzene rings is 1. The van der Waals surface area contributed by atoms with E-state index in [4.69, 9.17) is 10.7 Å². The minimum atomic E-state index is 0.982. The Morgan fingerprint density at radius 1 is 1.21 bits per heavy atom. The third-order valence-corrected chi connectivity index (χ3v) is 2.59. The fourth-order valence-electron chi connectivity index (χ4n) is 1.09. The Hall–Kier alpha value is -0.730. The van der Waals surface area contributed by atoms with Gasteiger partial charge in [-0.2, -0.15) is 0 Å². The van der Waals surface area contributed by atoms with Crippen LogP contribution in [-0.2, 0) is 0 Å². The number of nitrogens with zero attached hydrogens (tertiary/aromatic N) is 1. The predicted octanol–water partition coefficient (Wildman–Crippen LogP) is 4.51. The molecule has 0 bridgehead atoms. The lowest BCUT2D eigenvalue weighted by Crippen LogP contribution is -1.77. The van der Waals surface area contributed by atoms with Crippen molar-refractivity contribution in [1.29, 1.82) is 0 Å². The van der Waals surface area contributed by atoms with Crippen LogP contribution in [-0.4, -0.2) is 4.98 Å². The molecule has 0 aliphatic rings. The Kier molecular flexibility index (Phi) is 4.77. The molecule has 0 saturated carbocycles. The van der Waals surface area contributed by atoms with Crippen molar-refractivity contribution in [2.24, 2.45) is 0 Å². The Labute approximate surface area is 93.0 Å². The Balaban J connectivity index is 0.000000461. The summed E-state index contributed by atoms with van der Waals surface area (Å²) < 4.78 is 0. The summed E-state index contributed by atoms with van der Waals surface area (Å²) in [6.07, 6.45) is 1.78. The number of para-hydroxylation sites is 1. The van der Waals surface area contributed by atoms with E-state index in [9.17, 15) is 0 Å². The van der Waals surface area contributed by atoms with Crippen LogP contribution in [0.15, 0.2) is 41.4 Å². The lowest BCUT2D eigenvalue weighted by molar-refractivity contribution is 1.31. The Bertz CT molecular complexity index is 403. The van der Waals surface area contributed by atoms with Crippen molar-refractivity contribution in [3.8, 4) is 0 Å². The lowest BCUT2D eigenvalue weighted by atomic mass is 10.2. The molecule has 1 nitrogen and oxygen atoms in total. The van der Waals surface area contributed by atoms with E-state index in [2.05, 4.69) is 4.98 Å². The molecule has 2 rings (SSSR count). The predicted molar refractivity (Wildman–Crippen MR) is 64.8 cm³/mol. The number of hydrogen-bond donors (Lipinski definition) is 0. The summed E-state index contributed by atoms with van der Waals surface area (Å²) in [5, 5.41) is 1.13. The monoisotopic (exact) mass is 225 g/mol. The van der Waals surface area contributed by atoms with Crippen LogP contribution in [0, 0.1) is 0 Å². The van der Waals surface area contributed by atoms with Crippen LogP contribution in [0.4, 0.5) is 0 Å². The molecule has 0 atom stereocenters. The standard InChI is InChI=1S/C9H6ClNS.C2H6/c10-12-8-5-7-3-1-2-4-9(7)11-6-8;1-2/h1-6H;1-2H3. The first-order valence-corrected chi connectivity index (χ1v) is 6.18. The second-order valence-corrected chi connectivity index (χ2v) is 3.53. The van der Waals surface area contributed by atoms with Gasteiger partial charge in [0.1, 0.15) is 0 Å². The molecule has 0 fully saturated rings. The molecule has 0 amide bonds. The summed E-state index contributed by atoms with van der Waals surface area (Å²) in [6, 6.07) is 10.0. The second-order valence-electron chi connectivity index (χ2n) is 2.44. The molecular formula is C11H12ClNS. The smallest absolute Gasteiger partial charge is 0.0702 e. The van der Waals surface area contributed by atoms with Crippen LogP contribution in [0.3, 0.4) is 0 Å². The molecule has 1 aromatic heterocycles. The fourth-order valence-corrected chi connectivity index (χ4v) is 1.61. The Morgan fingerprint density at radius 2 is 1.93 bits per heavy atom. The molecule has 14 heavy (non-hydrogen) atoms. The fraction of sp³-hybridized carbons (Fsp3) is 0.182. The number of aromatic nitrogens is 1. The molecule has 0 N–H and O–H groups in total. The maximum absolute atomic E-state index is 5.60. The molecule has 0 spiro atoms. The van der Waals surface area contributed by atoms with Crippen molar-refractivity contribution < 1.29 is 0 Å². The molecule has 0 aliphatic heterocycles. The molecule has 0 saturated heterocycles. The zero-order chi connectivity index (χ0) is 10.4. The molecule has 1 aromatic carbocycles. The highest BCUT2D eigenvalue weighted by atomic mass is 35.7. The minimum absolute atomic E-state index is 0.982. The van der Waals surface area contributed by atoms with Crippen molar-refractivity contribution in [3.63, 3.8) is 0 Å². The van der Waals surface area contributed by atoms with E-state index < -0.39 is 0 Å². The first-order valence-electron chi connectivity index (χ1n) is 4.53. The molecule has 1 heterocycles. The van der Waals surface area contributed by atoms with Gasteiger partial charge in [0, 0.05) is 16.5 Å². The van der Waals surface area contributed by atoms with Gasteiger partial charge in [-0.1, -0.05) is 32.0 Å². The van der Waals surface area contributed by atoms with E-state index >= 15 is 0 Å². The van der Waals surface area contributed by atoms with Crippen molar-refractivity contribution in [1.82, 2.24) is 4.98 Å². The average molecular weight is 226 g/mol. The average Bonchev–Trinajstić information content (AvgIpc) is 2.31. The molecular weight excluding hydrogens is 214 g/mol. The van der Waals surface area contributed by atoms with Gasteiger partial charge in [0.2, 0.25) is 0 Å². The van der Waals surface area contributed by atoms with Gasteiger partial charge in [-0.25, -0.2) is 0 Å². The van der Waals surface area contributed by atoms with Crippen molar-refractivity contribution in [3.05, 3.63) is 36.5 Å². The first kappa shape index (κ1) is 11.3. The summed E-state index contributed by atoms with van der Waals surface area (Å²) in [7, 11) is 6.80. The number of pyridine rings is 1. The van der Waals surface area contributed by atoms with Gasteiger partial charge in [-0.15, -0.1) is 0 Å². The van der Waals surface area contributed by atoms with E-state index in [-0.39, 0.29) is 0 Å². The third-order valence-electron chi connectivity index (χ3n) is 1.65. The Morgan fingerprint density at radius 3 is 2.64 bits per heavy atom.